The summed E-state index contributed by atoms with van der Waals surface area (Å²) in [4.78, 5) is 34.3. The van der Waals surface area contributed by atoms with Crippen LogP contribution in [-0.2, 0) is 4.79 Å². The number of ether oxygens (including phenoxy) is 1. The highest BCUT2D eigenvalue weighted by Gasteiger charge is 2.31. The molecule has 2 heterocycles. The van der Waals surface area contributed by atoms with Crippen molar-refractivity contribution in [2.75, 3.05) is 10.7 Å². The molecule has 0 saturated carbocycles. The van der Waals surface area contributed by atoms with E-state index in [1.165, 1.54) is 58.2 Å². The first kappa shape index (κ1) is 27.6. The second kappa shape index (κ2) is 11.6. The van der Waals surface area contributed by atoms with Gasteiger partial charge in [-0.2, -0.15) is 10.1 Å². The van der Waals surface area contributed by atoms with E-state index in [1.54, 1.807) is 30.3 Å². The number of aryl methyl sites for hydroxylation is 1. The molecule has 3 amide bonds. The summed E-state index contributed by atoms with van der Waals surface area (Å²) in [5.74, 6) is 0.0871. The van der Waals surface area contributed by atoms with Gasteiger partial charge in [0.1, 0.15) is 12.1 Å². The van der Waals surface area contributed by atoms with Gasteiger partial charge in [0.05, 0.1) is 23.3 Å². The molecular weight excluding hydrogens is 559 g/mol. The summed E-state index contributed by atoms with van der Waals surface area (Å²) >= 11 is 1.17. The Hall–Kier alpha value is -4.98. The van der Waals surface area contributed by atoms with Crippen LogP contribution in [0.4, 0.5) is 23.7 Å². The number of thioether (sulfide) groups is 1. The minimum atomic E-state index is -4.76. The second-order valence-corrected chi connectivity index (χ2v) is 9.55. The smallest absolute Gasteiger partial charge is 0.406 e. The van der Waals surface area contributed by atoms with Gasteiger partial charge in [0, 0.05) is 5.56 Å². The lowest BCUT2D eigenvalue weighted by Crippen LogP contribution is -2.30. The maximum atomic E-state index is 12.4. The molecule has 0 atom stereocenters. The molecule has 1 fully saturated rings. The fourth-order valence-corrected chi connectivity index (χ4v) is 4.64. The first-order valence-corrected chi connectivity index (χ1v) is 13.0. The molecule has 1 aliphatic heterocycles. The second-order valence-electron chi connectivity index (χ2n) is 8.60. The van der Waals surface area contributed by atoms with Crippen molar-refractivity contribution in [2.24, 2.45) is 10.1 Å². The van der Waals surface area contributed by atoms with Crippen molar-refractivity contribution in [1.29, 1.82) is 0 Å². The van der Waals surface area contributed by atoms with E-state index in [-0.39, 0.29) is 22.6 Å². The summed E-state index contributed by atoms with van der Waals surface area (Å²) in [5, 5.41) is 8.57. The molecule has 3 aromatic carbocycles. The highest BCUT2D eigenvalue weighted by molar-refractivity contribution is 8.15. The van der Waals surface area contributed by atoms with Crippen molar-refractivity contribution in [1.82, 2.24) is 20.2 Å². The van der Waals surface area contributed by atoms with Crippen molar-refractivity contribution in [3.05, 3.63) is 90.3 Å². The number of rotatable bonds is 6. The molecule has 1 N–H and O–H groups in total. The molecule has 0 spiro atoms. The number of hydrogen-bond acceptors (Lipinski definition) is 7. The Morgan fingerprint density at radius 2 is 1.83 bits per heavy atom. The summed E-state index contributed by atoms with van der Waals surface area (Å²) in [5.41, 5.74) is 5.82. The van der Waals surface area contributed by atoms with Crippen LogP contribution < -0.4 is 15.1 Å². The van der Waals surface area contributed by atoms with E-state index in [4.69, 9.17) is 0 Å². The SMILES string of the molecule is Cc1cccc(N2C(=O)CSC2=NC(=O)N/N=C/c2ccc(-c3ncn(-c4ccc(OC(F)(F)F)cc4)n3)cc2)c1. The number of aliphatic imine (C=N–C) groups is 1. The summed E-state index contributed by atoms with van der Waals surface area (Å²) in [7, 11) is 0. The van der Waals surface area contributed by atoms with E-state index in [2.05, 4.69) is 30.3 Å². The van der Waals surface area contributed by atoms with E-state index >= 15 is 0 Å². The predicted octanol–water partition coefficient (Wildman–Crippen LogP) is 5.32. The largest absolute Gasteiger partial charge is 0.573 e. The number of amides is 3. The number of anilines is 1. The van der Waals surface area contributed by atoms with Crippen LogP contribution in [0.1, 0.15) is 11.1 Å². The van der Waals surface area contributed by atoms with Crippen LogP contribution in [0.15, 0.2) is 89.2 Å². The normalized spacial score (nSPS) is 14.7. The molecule has 0 bridgehead atoms. The molecule has 1 aliphatic rings. The Bertz CT molecular complexity index is 1640. The molecular formula is C27H20F3N7O3S. The molecule has 5 rings (SSSR count). The summed E-state index contributed by atoms with van der Waals surface area (Å²) in [6.45, 7) is 1.91. The average molecular weight is 580 g/mol. The maximum absolute atomic E-state index is 12.4. The lowest BCUT2D eigenvalue weighted by molar-refractivity contribution is -0.274. The monoisotopic (exact) mass is 579 g/mol. The molecule has 0 aliphatic carbocycles. The van der Waals surface area contributed by atoms with E-state index in [0.29, 0.717) is 28.3 Å². The van der Waals surface area contributed by atoms with E-state index < -0.39 is 12.4 Å². The Balaban J connectivity index is 1.19. The molecule has 1 aromatic heterocycles. The summed E-state index contributed by atoms with van der Waals surface area (Å²) in [6, 6.07) is 18.9. The number of halogens is 3. The lowest BCUT2D eigenvalue weighted by atomic mass is 10.1. The Kier molecular flexibility index (Phi) is 7.83. The van der Waals surface area contributed by atoms with Crippen LogP contribution in [0.2, 0.25) is 0 Å². The van der Waals surface area contributed by atoms with E-state index in [0.717, 1.165) is 5.56 Å². The lowest BCUT2D eigenvalue weighted by Gasteiger charge is -2.16. The average Bonchev–Trinajstić information content (AvgIpc) is 3.56. The van der Waals surface area contributed by atoms with Crippen molar-refractivity contribution in [3.8, 4) is 22.8 Å². The number of nitrogens with one attached hydrogen (secondary N) is 1. The minimum Gasteiger partial charge on any atom is -0.406 e. The zero-order chi connectivity index (χ0) is 29.0. The molecule has 1 saturated heterocycles. The van der Waals surface area contributed by atoms with Crippen molar-refractivity contribution in [2.45, 2.75) is 13.3 Å². The fourth-order valence-electron chi connectivity index (χ4n) is 3.78. The molecule has 41 heavy (non-hydrogen) atoms. The van der Waals surface area contributed by atoms with E-state index in [1.807, 2.05) is 25.1 Å². The van der Waals surface area contributed by atoms with Gasteiger partial charge in [-0.25, -0.2) is 19.9 Å². The number of carbonyl (C=O) groups is 2. The quantitative estimate of drug-likeness (QED) is 0.244. The van der Waals surface area contributed by atoms with Crippen LogP contribution in [0, 0.1) is 6.92 Å². The number of nitrogens with zero attached hydrogens (tertiary/aromatic N) is 6. The zero-order valence-electron chi connectivity index (χ0n) is 21.2. The number of hydrogen-bond donors (Lipinski definition) is 1. The highest BCUT2D eigenvalue weighted by Crippen LogP contribution is 2.27. The van der Waals surface area contributed by atoms with Gasteiger partial charge < -0.3 is 4.74 Å². The Morgan fingerprint density at radius 3 is 2.54 bits per heavy atom. The molecule has 0 unspecified atom stereocenters. The third-order valence-electron chi connectivity index (χ3n) is 5.59. The third-order valence-corrected chi connectivity index (χ3v) is 6.52. The zero-order valence-corrected chi connectivity index (χ0v) is 22.1. The molecule has 0 radical (unpaired) electrons. The highest BCUT2D eigenvalue weighted by atomic mass is 32.2. The maximum Gasteiger partial charge on any atom is 0.573 e. The summed E-state index contributed by atoms with van der Waals surface area (Å²) in [6.07, 6.45) is -1.89. The number of carbonyl (C=O) groups excluding carboxylic acids is 2. The molecule has 208 valence electrons. The van der Waals surface area contributed by atoms with Gasteiger partial charge >= 0.3 is 12.4 Å². The van der Waals surface area contributed by atoms with Crippen LogP contribution in [0.3, 0.4) is 0 Å². The van der Waals surface area contributed by atoms with Crippen molar-refractivity contribution in [3.63, 3.8) is 0 Å². The van der Waals surface area contributed by atoms with Gasteiger partial charge in [-0.15, -0.1) is 18.3 Å². The number of benzene rings is 3. The van der Waals surface area contributed by atoms with Gasteiger partial charge in [-0.1, -0.05) is 48.2 Å². The van der Waals surface area contributed by atoms with Gasteiger partial charge in [0.25, 0.3) is 0 Å². The number of alkyl halides is 3. The van der Waals surface area contributed by atoms with E-state index in [9.17, 15) is 22.8 Å². The number of hydrazone groups is 1. The number of urea groups is 1. The Morgan fingerprint density at radius 1 is 1.07 bits per heavy atom. The topological polar surface area (TPSA) is 114 Å². The number of aromatic nitrogens is 3. The standard InChI is InChI=1S/C27H20F3N7O3S/c1-17-3-2-4-21(13-17)37-23(38)15-41-26(37)33-25(39)34-32-14-18-5-7-19(8-6-18)24-31-16-36(35-24)20-9-11-22(12-10-20)40-27(28,29)30/h2-14,16H,15H2,1H3,(H,34,39)/b32-14+,33-26?. The van der Waals surface area contributed by atoms with Crippen LogP contribution in [0.5, 0.6) is 5.75 Å². The van der Waals surface area contributed by atoms with Gasteiger partial charge in [0.15, 0.2) is 11.0 Å². The van der Waals surface area contributed by atoms with Crippen molar-refractivity contribution >= 4 is 40.8 Å². The Labute approximate surface area is 235 Å². The van der Waals surface area contributed by atoms with Crippen LogP contribution >= 0.6 is 11.8 Å². The molecule has 4 aromatic rings. The number of amidine groups is 1. The van der Waals surface area contributed by atoms with Crippen molar-refractivity contribution < 1.29 is 27.5 Å². The van der Waals surface area contributed by atoms with Crippen LogP contribution in [0.25, 0.3) is 17.1 Å². The first-order chi connectivity index (χ1) is 19.6. The van der Waals surface area contributed by atoms with Gasteiger partial charge in [-0.05, 0) is 54.4 Å². The van der Waals surface area contributed by atoms with Gasteiger partial charge in [-0.3, -0.25) is 9.69 Å². The van der Waals surface area contributed by atoms with Gasteiger partial charge in [0.2, 0.25) is 5.91 Å². The molecule has 10 nitrogen and oxygen atoms in total. The molecule has 14 heteroatoms. The fraction of sp³-hybridized carbons (Fsp3) is 0.111. The first-order valence-electron chi connectivity index (χ1n) is 12.0. The predicted molar refractivity (Wildman–Crippen MR) is 148 cm³/mol. The minimum absolute atomic E-state index is 0.163. The third kappa shape index (κ3) is 6.97. The van der Waals surface area contributed by atoms with Crippen LogP contribution in [-0.4, -0.2) is 50.2 Å². The summed E-state index contributed by atoms with van der Waals surface area (Å²) < 4.78 is 42.4.